The van der Waals surface area contributed by atoms with Crippen molar-refractivity contribution in [3.05, 3.63) is 22.2 Å². The van der Waals surface area contributed by atoms with Gasteiger partial charge in [0.25, 0.3) is 0 Å². The van der Waals surface area contributed by atoms with Gasteiger partial charge in [0.2, 0.25) is 0 Å². The Hall–Kier alpha value is -0.890. The van der Waals surface area contributed by atoms with E-state index in [-0.39, 0.29) is 5.75 Å². The van der Waals surface area contributed by atoms with E-state index in [9.17, 15) is 5.11 Å². The first-order valence-corrected chi connectivity index (χ1v) is 4.12. The zero-order chi connectivity index (χ0) is 9.30. The number of aryl methyl sites for hydroxylation is 1. The number of hydrogen-bond acceptors (Lipinski definition) is 2. The van der Waals surface area contributed by atoms with Gasteiger partial charge in [-0.05, 0) is 31.0 Å². The second-order valence-corrected chi connectivity index (χ2v) is 3.15. The molecule has 1 aromatic carbocycles. The molecule has 0 radical (unpaired) electrons. The number of halogens is 1. The molecule has 3 heteroatoms. The first kappa shape index (κ1) is 9.20. The van der Waals surface area contributed by atoms with E-state index in [1.807, 2.05) is 13.8 Å². The van der Waals surface area contributed by atoms with Gasteiger partial charge in [0.05, 0.1) is 5.69 Å². The summed E-state index contributed by atoms with van der Waals surface area (Å²) >= 11 is 5.98. The van der Waals surface area contributed by atoms with Gasteiger partial charge in [-0.1, -0.05) is 11.6 Å². The molecule has 0 atom stereocenters. The highest BCUT2D eigenvalue weighted by Crippen LogP contribution is 2.34. The lowest BCUT2D eigenvalue weighted by molar-refractivity contribution is 0.477. The van der Waals surface area contributed by atoms with Crippen LogP contribution in [0.1, 0.15) is 11.1 Å². The van der Waals surface area contributed by atoms with Crippen LogP contribution < -0.4 is 5.32 Å². The molecule has 1 rings (SSSR count). The van der Waals surface area contributed by atoms with Crippen molar-refractivity contribution in [1.29, 1.82) is 0 Å². The second kappa shape index (κ2) is 3.23. The zero-order valence-electron chi connectivity index (χ0n) is 7.40. The van der Waals surface area contributed by atoms with E-state index in [2.05, 4.69) is 5.32 Å². The Morgan fingerprint density at radius 2 is 2.00 bits per heavy atom. The van der Waals surface area contributed by atoms with Crippen LogP contribution in [-0.2, 0) is 0 Å². The Morgan fingerprint density at radius 1 is 1.42 bits per heavy atom. The number of benzene rings is 1. The van der Waals surface area contributed by atoms with Gasteiger partial charge in [0.15, 0.2) is 0 Å². The van der Waals surface area contributed by atoms with E-state index >= 15 is 0 Å². The average Bonchev–Trinajstić information content (AvgIpc) is 2.01. The summed E-state index contributed by atoms with van der Waals surface area (Å²) in [5.74, 6) is 0.247. The SMILES string of the molecule is CNc1c(O)cc(C)c(Cl)c1C. The van der Waals surface area contributed by atoms with Crippen LogP contribution in [0.4, 0.5) is 5.69 Å². The summed E-state index contributed by atoms with van der Waals surface area (Å²) < 4.78 is 0. The molecule has 0 saturated carbocycles. The van der Waals surface area contributed by atoms with Crippen LogP contribution in [0.25, 0.3) is 0 Å². The first-order chi connectivity index (χ1) is 5.57. The van der Waals surface area contributed by atoms with Crippen molar-refractivity contribution in [2.24, 2.45) is 0 Å². The summed E-state index contributed by atoms with van der Waals surface area (Å²) in [6.07, 6.45) is 0. The lowest BCUT2D eigenvalue weighted by atomic mass is 10.1. The van der Waals surface area contributed by atoms with Crippen LogP contribution in [0, 0.1) is 13.8 Å². The Labute approximate surface area is 77.2 Å². The zero-order valence-corrected chi connectivity index (χ0v) is 8.16. The third-order valence-corrected chi connectivity index (χ3v) is 2.49. The fraction of sp³-hybridized carbons (Fsp3) is 0.333. The number of phenolic OH excluding ortho intramolecular Hbond substituents is 1. The minimum atomic E-state index is 0.247. The normalized spacial score (nSPS) is 10.0. The quantitative estimate of drug-likeness (QED) is 0.660. The van der Waals surface area contributed by atoms with Gasteiger partial charge in [0.1, 0.15) is 5.75 Å². The number of aromatic hydroxyl groups is 1. The van der Waals surface area contributed by atoms with E-state index in [4.69, 9.17) is 11.6 Å². The summed E-state index contributed by atoms with van der Waals surface area (Å²) in [6.45, 7) is 3.75. The van der Waals surface area contributed by atoms with E-state index in [1.165, 1.54) is 0 Å². The Morgan fingerprint density at radius 3 is 2.50 bits per heavy atom. The summed E-state index contributed by atoms with van der Waals surface area (Å²) in [5, 5.41) is 13.1. The standard InChI is InChI=1S/C9H12ClNO/c1-5-4-7(12)9(11-3)6(2)8(5)10/h4,11-12H,1-3H3. The largest absolute Gasteiger partial charge is 0.506 e. The van der Waals surface area contributed by atoms with Gasteiger partial charge in [-0.25, -0.2) is 0 Å². The maximum atomic E-state index is 9.48. The van der Waals surface area contributed by atoms with Crippen LogP contribution in [0.2, 0.25) is 5.02 Å². The maximum absolute atomic E-state index is 9.48. The molecule has 0 heterocycles. The number of hydrogen-bond donors (Lipinski definition) is 2. The molecule has 1 aromatic rings. The predicted molar refractivity (Wildman–Crippen MR) is 52.1 cm³/mol. The third kappa shape index (κ3) is 1.34. The predicted octanol–water partition coefficient (Wildman–Crippen LogP) is 2.70. The van der Waals surface area contributed by atoms with Crippen molar-refractivity contribution in [2.45, 2.75) is 13.8 Å². The number of rotatable bonds is 1. The molecule has 0 aliphatic rings. The molecular formula is C9H12ClNO. The summed E-state index contributed by atoms with van der Waals surface area (Å²) in [6, 6.07) is 1.65. The van der Waals surface area contributed by atoms with Gasteiger partial charge in [-0.15, -0.1) is 0 Å². The highest BCUT2D eigenvalue weighted by molar-refractivity contribution is 6.32. The Bertz CT molecular complexity index is 310. The molecule has 12 heavy (non-hydrogen) atoms. The molecule has 0 aliphatic carbocycles. The van der Waals surface area contributed by atoms with Crippen molar-refractivity contribution in [3.8, 4) is 5.75 Å². The van der Waals surface area contributed by atoms with Crippen molar-refractivity contribution in [1.82, 2.24) is 0 Å². The monoisotopic (exact) mass is 185 g/mol. The molecular weight excluding hydrogens is 174 g/mol. The van der Waals surface area contributed by atoms with E-state index in [0.29, 0.717) is 10.7 Å². The number of anilines is 1. The van der Waals surface area contributed by atoms with Gasteiger partial charge in [0, 0.05) is 12.1 Å². The molecule has 2 nitrogen and oxygen atoms in total. The molecule has 0 spiro atoms. The van der Waals surface area contributed by atoms with Gasteiger partial charge in [-0.3, -0.25) is 0 Å². The lowest BCUT2D eigenvalue weighted by Crippen LogP contribution is -1.94. The van der Waals surface area contributed by atoms with Gasteiger partial charge < -0.3 is 10.4 Å². The fourth-order valence-electron chi connectivity index (χ4n) is 1.25. The second-order valence-electron chi connectivity index (χ2n) is 2.78. The first-order valence-electron chi connectivity index (χ1n) is 3.74. The van der Waals surface area contributed by atoms with Crippen LogP contribution >= 0.6 is 11.6 Å². The topological polar surface area (TPSA) is 32.3 Å². The molecule has 0 aliphatic heterocycles. The minimum absolute atomic E-state index is 0.247. The van der Waals surface area contributed by atoms with Crippen LogP contribution in [0.5, 0.6) is 5.75 Å². The van der Waals surface area contributed by atoms with Gasteiger partial charge in [-0.2, -0.15) is 0 Å². The van der Waals surface area contributed by atoms with Crippen LogP contribution in [-0.4, -0.2) is 12.2 Å². The molecule has 0 saturated heterocycles. The Kier molecular flexibility index (Phi) is 2.48. The molecule has 0 unspecified atom stereocenters. The highest BCUT2D eigenvalue weighted by Gasteiger charge is 2.08. The van der Waals surface area contributed by atoms with E-state index in [0.717, 1.165) is 11.1 Å². The molecule has 0 aromatic heterocycles. The van der Waals surface area contributed by atoms with Crippen molar-refractivity contribution in [2.75, 3.05) is 12.4 Å². The molecule has 0 amide bonds. The summed E-state index contributed by atoms with van der Waals surface area (Å²) in [5.41, 5.74) is 2.48. The minimum Gasteiger partial charge on any atom is -0.506 e. The number of phenols is 1. The molecule has 0 fully saturated rings. The molecule has 0 bridgehead atoms. The molecule has 2 N–H and O–H groups in total. The highest BCUT2D eigenvalue weighted by atomic mass is 35.5. The van der Waals surface area contributed by atoms with Crippen LogP contribution in [0.3, 0.4) is 0 Å². The van der Waals surface area contributed by atoms with Crippen molar-refractivity contribution in [3.63, 3.8) is 0 Å². The third-order valence-electron chi connectivity index (χ3n) is 1.91. The average molecular weight is 186 g/mol. The summed E-state index contributed by atoms with van der Waals surface area (Å²) in [7, 11) is 1.76. The van der Waals surface area contributed by atoms with E-state index < -0.39 is 0 Å². The maximum Gasteiger partial charge on any atom is 0.139 e. The summed E-state index contributed by atoms with van der Waals surface area (Å²) in [4.78, 5) is 0. The van der Waals surface area contributed by atoms with Crippen molar-refractivity contribution >= 4 is 17.3 Å². The van der Waals surface area contributed by atoms with Crippen molar-refractivity contribution < 1.29 is 5.11 Å². The van der Waals surface area contributed by atoms with Gasteiger partial charge >= 0.3 is 0 Å². The smallest absolute Gasteiger partial charge is 0.139 e. The molecule has 66 valence electrons. The lowest BCUT2D eigenvalue weighted by Gasteiger charge is -2.11. The number of nitrogens with one attached hydrogen (secondary N) is 1. The fourth-order valence-corrected chi connectivity index (χ4v) is 1.40. The van der Waals surface area contributed by atoms with Crippen LogP contribution in [0.15, 0.2) is 6.07 Å². The Balaban J connectivity index is 3.40. The van der Waals surface area contributed by atoms with E-state index in [1.54, 1.807) is 13.1 Å².